The van der Waals surface area contributed by atoms with Gasteiger partial charge in [0.2, 0.25) is 0 Å². The number of aromatic nitrogens is 3. The van der Waals surface area contributed by atoms with Crippen molar-refractivity contribution in [2.24, 2.45) is 0 Å². The van der Waals surface area contributed by atoms with Gasteiger partial charge in [-0.15, -0.1) is 0 Å². The molecule has 4 aromatic rings. The second-order valence-corrected chi connectivity index (χ2v) is 7.05. The van der Waals surface area contributed by atoms with Crippen molar-refractivity contribution in [3.05, 3.63) is 78.6 Å². The Morgan fingerprint density at radius 1 is 1.10 bits per heavy atom. The molecule has 1 atom stereocenters. The molecule has 30 heavy (non-hydrogen) atoms. The lowest BCUT2D eigenvalue weighted by atomic mass is 10.1. The third kappa shape index (κ3) is 3.23. The van der Waals surface area contributed by atoms with Crippen LogP contribution in [0.15, 0.2) is 73.1 Å². The first-order valence-electron chi connectivity index (χ1n) is 9.67. The number of hydrogen-bond acceptors (Lipinski definition) is 5. The van der Waals surface area contributed by atoms with Crippen molar-refractivity contribution in [1.29, 1.82) is 0 Å². The topological polar surface area (TPSA) is 97.8 Å². The van der Waals surface area contributed by atoms with E-state index in [0.717, 1.165) is 28.8 Å². The van der Waals surface area contributed by atoms with Crippen LogP contribution in [0.25, 0.3) is 16.8 Å². The SMILES string of the molecule is Nc1ncnn2c(-c3cccc(NC(=O)N4OCC[C@H]4c4ccccc4)c3)ccc12. The molecule has 0 spiro atoms. The molecule has 3 N–H and O–H groups in total. The number of fused-ring (bicyclic) bond motifs is 1. The third-order valence-corrected chi connectivity index (χ3v) is 5.18. The van der Waals surface area contributed by atoms with Crippen LogP contribution in [0.3, 0.4) is 0 Å². The number of hydrogen-bond donors (Lipinski definition) is 2. The number of anilines is 2. The summed E-state index contributed by atoms with van der Waals surface area (Å²) in [5.74, 6) is 0.416. The average molecular weight is 400 g/mol. The van der Waals surface area contributed by atoms with Crippen LogP contribution < -0.4 is 11.1 Å². The molecule has 0 bridgehead atoms. The summed E-state index contributed by atoms with van der Waals surface area (Å²) in [6.45, 7) is 0.504. The maximum Gasteiger partial charge on any atom is 0.346 e. The summed E-state index contributed by atoms with van der Waals surface area (Å²) in [4.78, 5) is 22.5. The monoisotopic (exact) mass is 400 g/mol. The largest absolute Gasteiger partial charge is 0.382 e. The van der Waals surface area contributed by atoms with Crippen LogP contribution in [0.1, 0.15) is 18.0 Å². The van der Waals surface area contributed by atoms with E-state index in [-0.39, 0.29) is 12.1 Å². The first kappa shape index (κ1) is 18.1. The molecule has 5 rings (SSSR count). The zero-order chi connectivity index (χ0) is 20.5. The van der Waals surface area contributed by atoms with Crippen LogP contribution in [0.5, 0.6) is 0 Å². The predicted molar refractivity (Wildman–Crippen MR) is 113 cm³/mol. The van der Waals surface area contributed by atoms with E-state index in [1.54, 1.807) is 4.52 Å². The van der Waals surface area contributed by atoms with Gasteiger partial charge in [0.1, 0.15) is 11.8 Å². The van der Waals surface area contributed by atoms with Gasteiger partial charge in [-0.2, -0.15) is 10.2 Å². The van der Waals surface area contributed by atoms with Crippen LogP contribution in [-0.2, 0) is 4.84 Å². The van der Waals surface area contributed by atoms with Gasteiger partial charge in [-0.25, -0.2) is 14.3 Å². The summed E-state index contributed by atoms with van der Waals surface area (Å²) in [5, 5.41) is 8.65. The highest BCUT2D eigenvalue weighted by molar-refractivity contribution is 5.90. The number of rotatable bonds is 3. The van der Waals surface area contributed by atoms with E-state index in [0.29, 0.717) is 18.1 Å². The third-order valence-electron chi connectivity index (χ3n) is 5.18. The van der Waals surface area contributed by atoms with Gasteiger partial charge < -0.3 is 11.1 Å². The van der Waals surface area contributed by atoms with Crippen molar-refractivity contribution in [2.45, 2.75) is 12.5 Å². The molecular formula is C22H20N6O2. The molecule has 8 nitrogen and oxygen atoms in total. The summed E-state index contributed by atoms with van der Waals surface area (Å²) < 4.78 is 1.73. The maximum atomic E-state index is 12.9. The van der Waals surface area contributed by atoms with E-state index in [1.807, 2.05) is 66.7 Å². The highest BCUT2D eigenvalue weighted by atomic mass is 16.7. The van der Waals surface area contributed by atoms with Crippen LogP contribution in [0.4, 0.5) is 16.3 Å². The minimum absolute atomic E-state index is 0.108. The number of benzene rings is 2. The Bertz CT molecular complexity index is 1210. The number of nitrogens with zero attached hydrogens (tertiary/aromatic N) is 4. The lowest BCUT2D eigenvalue weighted by Crippen LogP contribution is -2.33. The minimum Gasteiger partial charge on any atom is -0.382 e. The highest BCUT2D eigenvalue weighted by Crippen LogP contribution is 2.31. The van der Waals surface area contributed by atoms with Gasteiger partial charge in [0, 0.05) is 17.7 Å². The van der Waals surface area contributed by atoms with Crippen molar-refractivity contribution < 1.29 is 9.63 Å². The fraction of sp³-hybridized carbons (Fsp3) is 0.136. The number of nitrogen functional groups attached to an aromatic ring is 1. The Balaban J connectivity index is 1.39. The normalized spacial score (nSPS) is 16.1. The molecule has 2 aromatic carbocycles. The second-order valence-electron chi connectivity index (χ2n) is 7.05. The molecule has 2 aromatic heterocycles. The summed E-state index contributed by atoms with van der Waals surface area (Å²) in [6.07, 6.45) is 2.18. The minimum atomic E-state index is -0.301. The molecular weight excluding hydrogens is 380 g/mol. The van der Waals surface area contributed by atoms with Crippen LogP contribution in [0.2, 0.25) is 0 Å². The zero-order valence-corrected chi connectivity index (χ0v) is 16.1. The van der Waals surface area contributed by atoms with Gasteiger partial charge in [-0.3, -0.25) is 4.84 Å². The Hall–Kier alpha value is -3.91. The quantitative estimate of drug-likeness (QED) is 0.544. The van der Waals surface area contributed by atoms with E-state index < -0.39 is 0 Å². The van der Waals surface area contributed by atoms with Crippen LogP contribution in [0, 0.1) is 0 Å². The number of nitrogens with two attached hydrogens (primary N) is 1. The summed E-state index contributed by atoms with van der Waals surface area (Å²) in [5.41, 5.74) is 10.1. The molecule has 2 amide bonds. The van der Waals surface area contributed by atoms with Crippen molar-refractivity contribution in [2.75, 3.05) is 17.7 Å². The van der Waals surface area contributed by atoms with Crippen LogP contribution >= 0.6 is 0 Å². The number of carbonyl (C=O) groups is 1. The molecule has 0 radical (unpaired) electrons. The Morgan fingerprint density at radius 2 is 1.97 bits per heavy atom. The Kier molecular flexibility index (Phi) is 4.53. The van der Waals surface area contributed by atoms with Gasteiger partial charge in [0.25, 0.3) is 0 Å². The van der Waals surface area contributed by atoms with Gasteiger partial charge >= 0.3 is 6.03 Å². The Morgan fingerprint density at radius 3 is 2.83 bits per heavy atom. The lowest BCUT2D eigenvalue weighted by molar-refractivity contribution is -0.0829. The smallest absolute Gasteiger partial charge is 0.346 e. The molecule has 1 aliphatic heterocycles. The summed E-state index contributed by atoms with van der Waals surface area (Å²) in [7, 11) is 0. The van der Waals surface area contributed by atoms with E-state index >= 15 is 0 Å². The van der Waals surface area contributed by atoms with E-state index in [9.17, 15) is 4.79 Å². The predicted octanol–water partition coefficient (Wildman–Crippen LogP) is 3.89. The molecule has 1 aliphatic rings. The number of carbonyl (C=O) groups excluding carboxylic acids is 1. The van der Waals surface area contributed by atoms with Crippen molar-refractivity contribution >= 4 is 23.1 Å². The number of nitrogens with one attached hydrogen (secondary N) is 1. The number of urea groups is 1. The molecule has 0 saturated carbocycles. The van der Waals surface area contributed by atoms with Gasteiger partial charge in [0.05, 0.1) is 18.3 Å². The lowest BCUT2D eigenvalue weighted by Gasteiger charge is -2.23. The molecule has 0 aliphatic carbocycles. The van der Waals surface area contributed by atoms with Crippen molar-refractivity contribution in [3.8, 4) is 11.3 Å². The van der Waals surface area contributed by atoms with Crippen LogP contribution in [-0.4, -0.2) is 32.3 Å². The van der Waals surface area contributed by atoms with Gasteiger partial charge in [0.15, 0.2) is 5.82 Å². The molecule has 1 saturated heterocycles. The molecule has 1 fully saturated rings. The first-order chi connectivity index (χ1) is 14.7. The van der Waals surface area contributed by atoms with Crippen molar-refractivity contribution in [1.82, 2.24) is 19.7 Å². The van der Waals surface area contributed by atoms with Gasteiger partial charge in [-0.1, -0.05) is 42.5 Å². The number of hydroxylamine groups is 2. The molecule has 0 unspecified atom stereocenters. The first-order valence-corrected chi connectivity index (χ1v) is 9.67. The summed E-state index contributed by atoms with van der Waals surface area (Å²) >= 11 is 0. The average Bonchev–Trinajstić information content (AvgIpc) is 3.43. The molecule has 8 heteroatoms. The maximum absolute atomic E-state index is 12.9. The molecule has 150 valence electrons. The fourth-order valence-corrected chi connectivity index (χ4v) is 3.75. The summed E-state index contributed by atoms with van der Waals surface area (Å²) in [6, 6.07) is 20.9. The fourth-order valence-electron chi connectivity index (χ4n) is 3.75. The van der Waals surface area contributed by atoms with Crippen molar-refractivity contribution in [3.63, 3.8) is 0 Å². The van der Waals surface area contributed by atoms with E-state index in [1.165, 1.54) is 11.4 Å². The zero-order valence-electron chi connectivity index (χ0n) is 16.1. The van der Waals surface area contributed by atoms with Gasteiger partial charge in [-0.05, 0) is 29.8 Å². The highest BCUT2D eigenvalue weighted by Gasteiger charge is 2.31. The Labute approximate surface area is 172 Å². The van der Waals surface area contributed by atoms with E-state index in [2.05, 4.69) is 15.4 Å². The molecule has 3 heterocycles. The number of amides is 2. The van der Waals surface area contributed by atoms with E-state index in [4.69, 9.17) is 10.6 Å². The second kappa shape index (κ2) is 7.49. The standard InChI is InChI=1S/C22H20N6O2/c23-21-20-10-9-18(27(20)25-14-24-21)16-7-4-8-17(13-16)26-22(29)28-19(11-12-30-28)15-5-2-1-3-6-15/h1-10,13-14,19H,11-12H2,(H,26,29)(H2,23,24,25)/t19-/m0/s1.